The lowest BCUT2D eigenvalue weighted by molar-refractivity contribution is -0.138. The molecule has 2 aromatic rings. The van der Waals surface area contributed by atoms with Crippen LogP contribution in [0.1, 0.15) is 4.88 Å². The monoisotopic (exact) mass is 524 g/mol. The highest BCUT2D eigenvalue weighted by Gasteiger charge is 2.35. The van der Waals surface area contributed by atoms with E-state index in [-0.39, 0.29) is 15.5 Å². The predicted octanol–water partition coefficient (Wildman–Crippen LogP) is 3.91. The molecule has 0 aliphatic heterocycles. The first-order valence-corrected chi connectivity index (χ1v) is 11.6. The van der Waals surface area contributed by atoms with Gasteiger partial charge in [0.1, 0.15) is 12.2 Å². The third kappa shape index (κ3) is 5.92. The number of halogens is 4. The lowest BCUT2D eigenvalue weighted by Crippen LogP contribution is -2.23. The van der Waals surface area contributed by atoms with Crippen LogP contribution in [-0.2, 0) is 19.4 Å². The molecule has 0 spiro atoms. The van der Waals surface area contributed by atoms with Gasteiger partial charge in [-0.1, -0.05) is 12.1 Å². The van der Waals surface area contributed by atoms with Crippen molar-refractivity contribution < 1.29 is 31.1 Å². The molecule has 2 rings (SSSR count). The van der Waals surface area contributed by atoms with Crippen LogP contribution < -0.4 is 5.73 Å². The van der Waals surface area contributed by atoms with E-state index in [1.54, 1.807) is 18.2 Å². The number of carbonyl (C=O) groups excluding carboxylic acids is 1. The van der Waals surface area contributed by atoms with Gasteiger partial charge in [-0.3, -0.25) is 9.79 Å². The van der Waals surface area contributed by atoms with E-state index in [0.29, 0.717) is 10.4 Å². The first-order chi connectivity index (χ1) is 13.8. The van der Waals surface area contributed by atoms with E-state index in [2.05, 4.69) is 25.7 Å². The van der Waals surface area contributed by atoms with E-state index in [4.69, 9.17) is 5.73 Å². The molecule has 0 aliphatic carbocycles. The van der Waals surface area contributed by atoms with E-state index in [9.17, 15) is 26.4 Å². The van der Waals surface area contributed by atoms with Gasteiger partial charge in [0.25, 0.3) is 0 Å². The number of nitrogens with zero attached hydrogens (tertiary/aromatic N) is 1. The summed E-state index contributed by atoms with van der Waals surface area (Å²) in [6, 6.07) is 9.26. The van der Waals surface area contributed by atoms with Gasteiger partial charge in [0.05, 0.1) is 27.1 Å². The number of rotatable bonds is 6. The number of hydrogen-bond acceptors (Lipinski definition) is 7. The van der Waals surface area contributed by atoms with Crippen molar-refractivity contribution in [1.82, 2.24) is 0 Å². The van der Waals surface area contributed by atoms with E-state index in [0.717, 1.165) is 24.7 Å². The average molecular weight is 525 g/mol. The summed E-state index contributed by atoms with van der Waals surface area (Å²) in [7, 11) is -2.30. The third-order valence-electron chi connectivity index (χ3n) is 3.73. The topological polar surface area (TPSA) is 98.8 Å². The van der Waals surface area contributed by atoms with Crippen LogP contribution in [0.25, 0.3) is 10.4 Å². The first kappa shape index (κ1) is 24.1. The molecule has 0 fully saturated rings. The van der Waals surface area contributed by atoms with E-state index in [1.165, 1.54) is 18.2 Å². The van der Waals surface area contributed by atoms with Crippen LogP contribution in [0, 0.1) is 0 Å². The molecule has 0 radical (unpaired) electrons. The highest BCUT2D eigenvalue weighted by molar-refractivity contribution is 9.12. The number of esters is 1. The Morgan fingerprint density at radius 1 is 1.27 bits per heavy atom. The fourth-order valence-electron chi connectivity index (χ4n) is 2.22. The van der Waals surface area contributed by atoms with Crippen molar-refractivity contribution in [3.05, 3.63) is 51.5 Å². The number of methoxy groups -OCH3 is 1. The number of ether oxygens (including phenoxy) is 1. The zero-order chi connectivity index (χ0) is 22.7. The summed E-state index contributed by atoms with van der Waals surface area (Å²) < 4.78 is 66.7. The maximum Gasteiger partial charge on any atom is 0.431 e. The SMILES string of the molecule is COC(=O)CN=C(C(Br)=C(N)C(F)(F)F)c1ccc(-c2cccc(S(C)(=O)=O)c2)s1. The zero-order valence-corrected chi connectivity index (χ0v) is 18.9. The summed E-state index contributed by atoms with van der Waals surface area (Å²) in [6.45, 7) is -0.511. The average Bonchev–Trinajstić information content (AvgIpc) is 3.15. The number of carbonyl (C=O) groups is 1. The number of sulfone groups is 1. The van der Waals surface area contributed by atoms with Crippen LogP contribution in [0.5, 0.6) is 0 Å². The van der Waals surface area contributed by atoms with Gasteiger partial charge in [0, 0.05) is 11.1 Å². The summed E-state index contributed by atoms with van der Waals surface area (Å²) >= 11 is 3.90. The summed E-state index contributed by atoms with van der Waals surface area (Å²) in [5, 5.41) is 0. The Bertz CT molecular complexity index is 1120. The van der Waals surface area contributed by atoms with Crippen molar-refractivity contribution in [1.29, 1.82) is 0 Å². The summed E-state index contributed by atoms with van der Waals surface area (Å²) in [5.74, 6) is -0.740. The minimum Gasteiger partial charge on any atom is -0.468 e. The summed E-state index contributed by atoms with van der Waals surface area (Å²) in [6.07, 6.45) is -3.74. The Kier molecular flexibility index (Phi) is 7.48. The molecule has 30 heavy (non-hydrogen) atoms. The molecule has 0 bridgehead atoms. The standard InChI is InChI=1S/C18H16BrF3N2O4S2/c1-28-14(25)9-24-16(15(19)17(23)18(20,21)22)13-7-6-12(29-13)10-4-3-5-11(8-10)30(2,26)27/h3-8H,9,23H2,1-2H3. The Morgan fingerprint density at radius 3 is 2.50 bits per heavy atom. The number of alkyl halides is 3. The van der Waals surface area contributed by atoms with Crippen LogP contribution in [0.2, 0.25) is 0 Å². The lowest BCUT2D eigenvalue weighted by Gasteiger charge is -2.11. The van der Waals surface area contributed by atoms with Crippen molar-refractivity contribution >= 4 is 48.8 Å². The summed E-state index contributed by atoms with van der Waals surface area (Å²) in [5.41, 5.74) is 4.19. The van der Waals surface area contributed by atoms with Crippen molar-refractivity contribution in [2.75, 3.05) is 19.9 Å². The van der Waals surface area contributed by atoms with Gasteiger partial charge in [0.15, 0.2) is 9.84 Å². The van der Waals surface area contributed by atoms with Gasteiger partial charge in [-0.05, 0) is 45.8 Å². The number of allylic oxidation sites excluding steroid dienone is 2. The molecule has 0 saturated carbocycles. The smallest absolute Gasteiger partial charge is 0.431 e. The highest BCUT2D eigenvalue weighted by atomic mass is 79.9. The molecular weight excluding hydrogens is 509 g/mol. The Balaban J connectivity index is 2.55. The molecule has 12 heteroatoms. The van der Waals surface area contributed by atoms with Gasteiger partial charge < -0.3 is 10.5 Å². The molecule has 0 aliphatic rings. The molecule has 1 aromatic heterocycles. The fraction of sp³-hybridized carbons (Fsp3) is 0.222. The number of thiophene rings is 1. The molecule has 162 valence electrons. The van der Waals surface area contributed by atoms with Crippen molar-refractivity contribution in [2.24, 2.45) is 10.7 Å². The molecule has 0 unspecified atom stereocenters. The van der Waals surface area contributed by atoms with Crippen LogP contribution in [0.3, 0.4) is 0 Å². The van der Waals surface area contributed by atoms with Crippen LogP contribution in [0.15, 0.2) is 56.5 Å². The number of benzene rings is 1. The van der Waals surface area contributed by atoms with Gasteiger partial charge in [0.2, 0.25) is 0 Å². The van der Waals surface area contributed by atoms with Gasteiger partial charge >= 0.3 is 12.1 Å². The molecule has 1 aromatic carbocycles. The van der Waals surface area contributed by atoms with Gasteiger partial charge in [-0.15, -0.1) is 11.3 Å². The maximum absolute atomic E-state index is 13.1. The Morgan fingerprint density at radius 2 is 1.93 bits per heavy atom. The normalized spacial score (nSPS) is 13.7. The van der Waals surface area contributed by atoms with E-state index >= 15 is 0 Å². The molecule has 0 saturated heterocycles. The second kappa shape index (κ2) is 9.31. The molecule has 0 atom stereocenters. The van der Waals surface area contributed by atoms with Crippen LogP contribution in [0.4, 0.5) is 13.2 Å². The Hall–Kier alpha value is -2.18. The summed E-state index contributed by atoms with van der Waals surface area (Å²) in [4.78, 5) is 16.4. The van der Waals surface area contributed by atoms with Crippen molar-refractivity contribution in [3.8, 4) is 10.4 Å². The van der Waals surface area contributed by atoms with E-state index in [1.807, 2.05) is 0 Å². The number of nitrogens with two attached hydrogens (primary N) is 1. The second-order valence-corrected chi connectivity index (χ2v) is 9.82. The minimum atomic E-state index is -4.81. The minimum absolute atomic E-state index is 0.108. The van der Waals surface area contributed by atoms with Gasteiger partial charge in [-0.2, -0.15) is 13.2 Å². The maximum atomic E-state index is 13.1. The van der Waals surface area contributed by atoms with E-state index < -0.39 is 38.7 Å². The molecule has 0 amide bonds. The third-order valence-corrected chi connectivity index (χ3v) is 6.78. The Labute approximate surface area is 183 Å². The van der Waals surface area contributed by atoms with Crippen LogP contribution >= 0.6 is 27.3 Å². The highest BCUT2D eigenvalue weighted by Crippen LogP contribution is 2.34. The largest absolute Gasteiger partial charge is 0.468 e. The van der Waals surface area contributed by atoms with Gasteiger partial charge in [-0.25, -0.2) is 8.42 Å². The molecule has 2 N–H and O–H groups in total. The van der Waals surface area contributed by atoms with Crippen LogP contribution in [-0.4, -0.2) is 46.2 Å². The first-order valence-electron chi connectivity index (χ1n) is 8.09. The quantitative estimate of drug-likeness (QED) is 0.456. The zero-order valence-electron chi connectivity index (χ0n) is 15.7. The second-order valence-electron chi connectivity index (χ2n) is 5.93. The fourth-order valence-corrected chi connectivity index (χ4v) is 4.59. The molecule has 1 heterocycles. The molecular formula is C18H16BrF3N2O4S2. The number of aliphatic imine (C=N–C) groups is 1. The van der Waals surface area contributed by atoms with Crippen molar-refractivity contribution in [3.63, 3.8) is 0 Å². The lowest BCUT2D eigenvalue weighted by atomic mass is 10.2. The number of hydrogen-bond donors (Lipinski definition) is 1. The van der Waals surface area contributed by atoms with Crippen molar-refractivity contribution in [2.45, 2.75) is 11.1 Å². The predicted molar refractivity (Wildman–Crippen MR) is 112 cm³/mol. The molecule has 6 nitrogen and oxygen atoms in total.